The minimum Gasteiger partial charge on any atom is -0.349 e. The van der Waals surface area contributed by atoms with Gasteiger partial charge in [-0.1, -0.05) is 41.4 Å². The molecule has 25 heavy (non-hydrogen) atoms. The van der Waals surface area contributed by atoms with Crippen LogP contribution < -0.4 is 10.2 Å². The highest BCUT2D eigenvalue weighted by molar-refractivity contribution is 6.30. The zero-order valence-corrected chi connectivity index (χ0v) is 15.1. The second kappa shape index (κ2) is 7.28. The Bertz CT molecular complexity index is 789. The second-order valence-electron chi connectivity index (χ2n) is 6.53. The molecule has 5 heteroatoms. The molecule has 2 atom stereocenters. The Balaban J connectivity index is 1.65. The fraction of sp³-hybridized carbons (Fsp3) is 0.300. The lowest BCUT2D eigenvalue weighted by molar-refractivity contribution is -0.126. The van der Waals surface area contributed by atoms with Gasteiger partial charge in [0.2, 0.25) is 11.8 Å². The summed E-state index contributed by atoms with van der Waals surface area (Å²) < 4.78 is 0. The van der Waals surface area contributed by atoms with Gasteiger partial charge in [0, 0.05) is 23.7 Å². The molecule has 1 fully saturated rings. The maximum absolute atomic E-state index is 12.6. The van der Waals surface area contributed by atoms with Gasteiger partial charge < -0.3 is 10.2 Å². The number of aryl methyl sites for hydroxylation is 1. The van der Waals surface area contributed by atoms with Crippen LogP contribution in [0.5, 0.6) is 0 Å². The van der Waals surface area contributed by atoms with E-state index in [2.05, 4.69) is 5.32 Å². The van der Waals surface area contributed by atoms with Gasteiger partial charge in [-0.15, -0.1) is 0 Å². The number of amides is 2. The SMILES string of the molecule is Cc1ccc(N2C[C@H](C(=O)N[C@H](C)c3cccc(Cl)c3)CC2=O)cc1. The maximum Gasteiger partial charge on any atom is 0.227 e. The van der Waals surface area contributed by atoms with Gasteiger partial charge in [-0.2, -0.15) is 0 Å². The van der Waals surface area contributed by atoms with E-state index in [1.807, 2.05) is 56.3 Å². The van der Waals surface area contributed by atoms with Gasteiger partial charge in [0.05, 0.1) is 12.0 Å². The molecular formula is C20H21ClN2O2. The number of carbonyl (C=O) groups is 2. The molecule has 0 unspecified atom stereocenters. The lowest BCUT2D eigenvalue weighted by atomic mass is 10.1. The molecule has 2 aromatic carbocycles. The highest BCUT2D eigenvalue weighted by Gasteiger charge is 2.35. The van der Waals surface area contributed by atoms with Crippen LogP contribution in [0.25, 0.3) is 0 Å². The highest BCUT2D eigenvalue weighted by Crippen LogP contribution is 2.26. The molecule has 1 heterocycles. The highest BCUT2D eigenvalue weighted by atomic mass is 35.5. The molecule has 1 aliphatic rings. The van der Waals surface area contributed by atoms with E-state index in [0.29, 0.717) is 11.6 Å². The monoisotopic (exact) mass is 356 g/mol. The average molecular weight is 357 g/mol. The number of halogens is 1. The van der Waals surface area contributed by atoms with E-state index in [-0.39, 0.29) is 30.2 Å². The summed E-state index contributed by atoms with van der Waals surface area (Å²) in [5.41, 5.74) is 2.93. The largest absolute Gasteiger partial charge is 0.349 e. The first-order valence-electron chi connectivity index (χ1n) is 8.37. The van der Waals surface area contributed by atoms with Crippen LogP contribution in [0.1, 0.15) is 30.5 Å². The Labute approximate surface area is 152 Å². The number of carbonyl (C=O) groups excluding carboxylic acids is 2. The van der Waals surface area contributed by atoms with Crippen molar-refractivity contribution >= 4 is 29.1 Å². The molecule has 0 saturated carbocycles. The normalized spacial score (nSPS) is 18.3. The van der Waals surface area contributed by atoms with E-state index in [1.165, 1.54) is 0 Å². The molecule has 4 nitrogen and oxygen atoms in total. The van der Waals surface area contributed by atoms with Crippen LogP contribution in [0, 0.1) is 12.8 Å². The van der Waals surface area contributed by atoms with Crippen molar-refractivity contribution in [3.05, 3.63) is 64.7 Å². The van der Waals surface area contributed by atoms with Gasteiger partial charge in [0.25, 0.3) is 0 Å². The average Bonchev–Trinajstić information content (AvgIpc) is 2.97. The summed E-state index contributed by atoms with van der Waals surface area (Å²) in [5, 5.41) is 3.63. The van der Waals surface area contributed by atoms with Crippen LogP contribution in [-0.4, -0.2) is 18.4 Å². The minimum absolute atomic E-state index is 0.0144. The number of hydrogen-bond donors (Lipinski definition) is 1. The summed E-state index contributed by atoms with van der Waals surface area (Å²) in [6.45, 7) is 4.33. The third-order valence-corrected chi connectivity index (χ3v) is 4.78. The Morgan fingerprint density at radius 1 is 1.24 bits per heavy atom. The molecule has 0 radical (unpaired) electrons. The molecule has 3 rings (SSSR count). The summed E-state index contributed by atoms with van der Waals surface area (Å²) in [6.07, 6.45) is 0.238. The Hall–Kier alpha value is -2.33. The van der Waals surface area contributed by atoms with E-state index in [4.69, 9.17) is 11.6 Å². The number of benzene rings is 2. The number of nitrogens with zero attached hydrogens (tertiary/aromatic N) is 1. The lowest BCUT2D eigenvalue weighted by Crippen LogP contribution is -2.34. The number of hydrogen-bond acceptors (Lipinski definition) is 2. The Morgan fingerprint density at radius 3 is 2.64 bits per heavy atom. The summed E-state index contributed by atoms with van der Waals surface area (Å²) in [7, 11) is 0. The topological polar surface area (TPSA) is 49.4 Å². The zero-order valence-electron chi connectivity index (χ0n) is 14.3. The zero-order chi connectivity index (χ0) is 18.0. The maximum atomic E-state index is 12.6. The number of nitrogens with one attached hydrogen (secondary N) is 1. The number of anilines is 1. The van der Waals surface area contributed by atoms with Crippen molar-refractivity contribution in [2.45, 2.75) is 26.3 Å². The molecule has 0 bridgehead atoms. The summed E-state index contributed by atoms with van der Waals surface area (Å²) >= 11 is 6.01. The van der Waals surface area contributed by atoms with E-state index in [1.54, 1.807) is 11.0 Å². The van der Waals surface area contributed by atoms with Crippen molar-refractivity contribution in [2.75, 3.05) is 11.4 Å². The van der Waals surface area contributed by atoms with E-state index >= 15 is 0 Å². The van der Waals surface area contributed by atoms with Gasteiger partial charge in [-0.25, -0.2) is 0 Å². The molecule has 0 aliphatic carbocycles. The summed E-state index contributed by atoms with van der Waals surface area (Å²) in [6, 6.07) is 15.0. The van der Waals surface area contributed by atoms with E-state index < -0.39 is 0 Å². The van der Waals surface area contributed by atoms with Gasteiger partial charge in [0.1, 0.15) is 0 Å². The van der Waals surface area contributed by atoms with Gasteiger partial charge in [0.15, 0.2) is 0 Å². The fourth-order valence-electron chi connectivity index (χ4n) is 3.05. The minimum atomic E-state index is -0.338. The third-order valence-electron chi connectivity index (χ3n) is 4.55. The number of rotatable bonds is 4. The molecule has 2 amide bonds. The van der Waals surface area contributed by atoms with Crippen molar-refractivity contribution in [2.24, 2.45) is 5.92 Å². The first kappa shape index (κ1) is 17.5. The Morgan fingerprint density at radius 2 is 1.96 bits per heavy atom. The summed E-state index contributed by atoms with van der Waals surface area (Å²) in [4.78, 5) is 26.6. The van der Waals surface area contributed by atoms with Crippen molar-refractivity contribution < 1.29 is 9.59 Å². The molecule has 1 saturated heterocycles. The molecule has 0 spiro atoms. The third kappa shape index (κ3) is 4.02. The van der Waals surface area contributed by atoms with Crippen LogP contribution in [0.3, 0.4) is 0 Å². The van der Waals surface area contributed by atoms with Crippen LogP contribution in [0.15, 0.2) is 48.5 Å². The van der Waals surface area contributed by atoms with E-state index in [9.17, 15) is 9.59 Å². The van der Waals surface area contributed by atoms with Crippen LogP contribution in [0.2, 0.25) is 5.02 Å². The van der Waals surface area contributed by atoms with Crippen molar-refractivity contribution in [1.29, 1.82) is 0 Å². The van der Waals surface area contributed by atoms with Crippen molar-refractivity contribution in [1.82, 2.24) is 5.32 Å². The van der Waals surface area contributed by atoms with Crippen LogP contribution in [0.4, 0.5) is 5.69 Å². The van der Waals surface area contributed by atoms with Gasteiger partial charge in [-0.05, 0) is 43.7 Å². The second-order valence-corrected chi connectivity index (χ2v) is 6.96. The first-order chi connectivity index (χ1) is 11.9. The lowest BCUT2D eigenvalue weighted by Gasteiger charge is -2.19. The predicted molar refractivity (Wildman–Crippen MR) is 99.6 cm³/mol. The van der Waals surface area contributed by atoms with Crippen LogP contribution in [-0.2, 0) is 9.59 Å². The molecular weight excluding hydrogens is 336 g/mol. The van der Waals surface area contributed by atoms with Gasteiger partial charge in [-0.3, -0.25) is 9.59 Å². The molecule has 0 aromatic heterocycles. The molecule has 2 aromatic rings. The summed E-state index contributed by atoms with van der Waals surface area (Å²) in [5.74, 6) is -0.453. The molecule has 1 aliphatic heterocycles. The quantitative estimate of drug-likeness (QED) is 0.903. The van der Waals surface area contributed by atoms with Crippen molar-refractivity contribution in [3.8, 4) is 0 Å². The van der Waals surface area contributed by atoms with Crippen molar-refractivity contribution in [3.63, 3.8) is 0 Å². The molecule has 130 valence electrons. The predicted octanol–water partition coefficient (Wildman–Crippen LogP) is 3.88. The smallest absolute Gasteiger partial charge is 0.227 e. The van der Waals surface area contributed by atoms with E-state index in [0.717, 1.165) is 16.8 Å². The standard InChI is InChI=1S/C20H21ClN2O2/c1-13-6-8-18(9-7-13)23-12-16(11-19(23)24)20(25)22-14(2)15-4-3-5-17(21)10-15/h3-10,14,16H,11-12H2,1-2H3,(H,22,25)/t14-,16-/m1/s1. The van der Waals surface area contributed by atoms with Gasteiger partial charge >= 0.3 is 0 Å². The van der Waals surface area contributed by atoms with Crippen LogP contribution >= 0.6 is 11.6 Å². The fourth-order valence-corrected chi connectivity index (χ4v) is 3.25. The first-order valence-corrected chi connectivity index (χ1v) is 8.74. The Kier molecular flexibility index (Phi) is 5.09. The molecule has 1 N–H and O–H groups in total.